The maximum atomic E-state index is 13.5. The first-order valence-corrected chi connectivity index (χ1v) is 11.2. The smallest absolute Gasteiger partial charge is 0.295 e. The van der Waals surface area contributed by atoms with E-state index in [1.807, 2.05) is 0 Å². The number of nitrogens with zero attached hydrogens (tertiary/aromatic N) is 6. The molecule has 1 aliphatic heterocycles. The van der Waals surface area contributed by atoms with Crippen molar-refractivity contribution >= 4 is 28.3 Å². The topological polar surface area (TPSA) is 110 Å². The Morgan fingerprint density at radius 2 is 1.97 bits per heavy atom. The van der Waals surface area contributed by atoms with Crippen molar-refractivity contribution in [2.75, 3.05) is 20.2 Å². The van der Waals surface area contributed by atoms with Crippen LogP contribution in [-0.2, 0) is 4.79 Å². The lowest BCUT2D eigenvalue weighted by molar-refractivity contribution is -0.126. The van der Waals surface area contributed by atoms with E-state index < -0.39 is 30.7 Å². The first-order chi connectivity index (χ1) is 21.2. The highest BCUT2D eigenvalue weighted by Crippen LogP contribution is 2.33. The second-order valence-electron chi connectivity index (χ2n) is 8.24. The maximum Gasteiger partial charge on any atom is 0.295 e. The number of aryl methyl sites for hydroxylation is 1. The Labute approximate surface area is 224 Å². The summed E-state index contributed by atoms with van der Waals surface area (Å²) in [5.41, 5.74) is 0.775. The second-order valence-corrected chi connectivity index (χ2v) is 8.24. The molecule has 4 aromatic rings. The van der Waals surface area contributed by atoms with Crippen molar-refractivity contribution in [1.82, 2.24) is 29.6 Å². The zero-order valence-electron chi connectivity index (χ0n) is 27.9. The molecular formula is C27H25N7O3. The second kappa shape index (κ2) is 9.70. The Balaban J connectivity index is 1.45. The number of H-pyrrole nitrogens is 1. The summed E-state index contributed by atoms with van der Waals surface area (Å²) in [6.07, 6.45) is 2.40. The Kier molecular flexibility index (Phi) is 4.21. The van der Waals surface area contributed by atoms with Gasteiger partial charge in [-0.3, -0.25) is 9.59 Å². The van der Waals surface area contributed by atoms with Crippen molar-refractivity contribution in [3.05, 3.63) is 82.4 Å². The number of benzene rings is 1. The number of aromatic nitrogens is 5. The molecule has 1 fully saturated rings. The van der Waals surface area contributed by atoms with Crippen LogP contribution in [0.3, 0.4) is 0 Å². The van der Waals surface area contributed by atoms with Crippen LogP contribution in [0.1, 0.15) is 51.1 Å². The molecule has 1 aliphatic rings. The highest BCUT2D eigenvalue weighted by Gasteiger charge is 2.30. The fourth-order valence-electron chi connectivity index (χ4n) is 4.21. The molecule has 1 amide bonds. The minimum absolute atomic E-state index is 0.00958. The van der Waals surface area contributed by atoms with Crippen molar-refractivity contribution in [2.45, 2.75) is 26.6 Å². The van der Waals surface area contributed by atoms with Gasteiger partial charge in [0.15, 0.2) is 11.5 Å². The molecule has 5 rings (SSSR count). The van der Waals surface area contributed by atoms with Gasteiger partial charge < -0.3 is 14.6 Å². The maximum absolute atomic E-state index is 13.5. The normalized spacial score (nSPS) is 16.9. The van der Waals surface area contributed by atoms with Crippen LogP contribution >= 0.6 is 0 Å². The van der Waals surface area contributed by atoms with Gasteiger partial charge in [-0.2, -0.15) is 5.10 Å². The molecule has 0 aliphatic carbocycles. The fraction of sp³-hybridized carbons (Fsp3) is 0.259. The van der Waals surface area contributed by atoms with E-state index in [1.165, 1.54) is 31.3 Å². The van der Waals surface area contributed by atoms with Crippen molar-refractivity contribution in [3.63, 3.8) is 0 Å². The zero-order chi connectivity index (χ0) is 33.0. The fourth-order valence-corrected chi connectivity index (χ4v) is 4.21. The highest BCUT2D eigenvalue weighted by molar-refractivity contribution is 6.45. The first kappa shape index (κ1) is 16.1. The summed E-state index contributed by atoms with van der Waals surface area (Å²) in [4.78, 5) is 42.6. The molecule has 0 radical (unpaired) electrons. The molecule has 1 aromatic carbocycles. The van der Waals surface area contributed by atoms with Gasteiger partial charge >= 0.3 is 0 Å². The van der Waals surface area contributed by atoms with Crippen LogP contribution < -0.4 is 4.74 Å². The summed E-state index contributed by atoms with van der Waals surface area (Å²) in [6.45, 7) is 6.68. The van der Waals surface area contributed by atoms with Crippen LogP contribution in [0.25, 0.3) is 27.3 Å². The summed E-state index contributed by atoms with van der Waals surface area (Å²) in [7, 11) is 1.34. The number of amides is 1. The number of carbonyl (C=O) groups is 2. The average Bonchev–Trinajstić information content (AvgIpc) is 3.64. The number of hydrogen-bond donors (Lipinski definition) is 1. The van der Waals surface area contributed by atoms with E-state index in [1.54, 1.807) is 0 Å². The van der Waals surface area contributed by atoms with Gasteiger partial charge in [0.1, 0.15) is 19.2 Å². The summed E-state index contributed by atoms with van der Waals surface area (Å²) >= 11 is 0. The molecule has 10 nitrogen and oxygen atoms in total. The SMILES string of the molecule is [2H]c1c([2H])c(C([N+]#[C-])=C2CCN(C(=O)C(=O)c3c[nH]c4c(-n5nc(C([2H])([2H])[2H])nc5[2H])ncc(OC)c34)CC2)c([2H])c([2H])c1C. The third-order valence-corrected chi connectivity index (χ3v) is 6.05. The molecule has 0 saturated carbocycles. The summed E-state index contributed by atoms with van der Waals surface area (Å²) in [5.74, 6) is -2.16. The quantitative estimate of drug-likeness (QED) is 0.251. The Hall–Kier alpha value is -4.78. The summed E-state index contributed by atoms with van der Waals surface area (Å²) in [6, 6.07) is -1.06. The molecule has 1 N–H and O–H groups in total. The predicted molar refractivity (Wildman–Crippen MR) is 137 cm³/mol. The molecule has 186 valence electrons. The number of fused-ring (bicyclic) bond motifs is 1. The third kappa shape index (κ3) is 4.36. The number of Topliss-reactive ketones (excluding diaryl/α,β-unsaturated/α-hetero) is 1. The number of carbonyl (C=O) groups excluding carboxylic acids is 2. The van der Waals surface area contributed by atoms with Crippen LogP contribution in [0.4, 0.5) is 0 Å². The Morgan fingerprint density at radius 1 is 1.22 bits per heavy atom. The number of rotatable bonds is 5. The summed E-state index contributed by atoms with van der Waals surface area (Å²) < 4.78 is 70.0. The van der Waals surface area contributed by atoms with Crippen LogP contribution in [-0.4, -0.2) is 61.5 Å². The van der Waals surface area contributed by atoms with Gasteiger partial charge in [0, 0.05) is 23.4 Å². The van der Waals surface area contributed by atoms with E-state index in [9.17, 15) is 9.59 Å². The number of pyridine rings is 1. The van der Waals surface area contributed by atoms with E-state index in [0.29, 0.717) is 5.57 Å². The molecule has 1 saturated heterocycles. The Morgan fingerprint density at radius 3 is 2.62 bits per heavy atom. The number of piperidine rings is 1. The van der Waals surface area contributed by atoms with Gasteiger partial charge in [0.25, 0.3) is 11.7 Å². The standard InChI is InChI=1S/C27H25N7O3/c1-16-5-7-18(8-6-16)23(28-3)19-9-11-33(12-10-19)27(36)25(35)20-13-29-24-22(20)21(37-4)14-30-26(24)34-15-31-17(2)32-34/h5-8,13-15,29H,9-12H2,1-2,4H3/i2D3,5D,6D,7D,8D,15D. The summed E-state index contributed by atoms with van der Waals surface area (Å²) in [5, 5.41) is 4.07. The Bertz CT molecular complexity index is 1930. The lowest BCUT2D eigenvalue weighted by Crippen LogP contribution is -2.40. The van der Waals surface area contributed by atoms with E-state index in [-0.39, 0.29) is 95.0 Å². The average molecular weight is 504 g/mol. The molecule has 3 aromatic heterocycles. The van der Waals surface area contributed by atoms with Gasteiger partial charge in [-0.15, -0.1) is 0 Å². The molecule has 10 heteroatoms. The van der Waals surface area contributed by atoms with Crippen LogP contribution in [0.2, 0.25) is 0 Å². The number of hydrogen-bond acceptors (Lipinski definition) is 6. The predicted octanol–water partition coefficient (Wildman–Crippen LogP) is 3.90. The van der Waals surface area contributed by atoms with Gasteiger partial charge in [0.05, 0.1) is 41.8 Å². The van der Waals surface area contributed by atoms with Gasteiger partial charge in [-0.25, -0.2) is 19.5 Å². The molecule has 0 atom stereocenters. The zero-order valence-corrected chi connectivity index (χ0v) is 19.9. The largest absolute Gasteiger partial charge is 0.494 e. The lowest BCUT2D eigenvalue weighted by atomic mass is 9.97. The van der Waals surface area contributed by atoms with E-state index >= 15 is 0 Å². The third-order valence-electron chi connectivity index (χ3n) is 6.05. The van der Waals surface area contributed by atoms with E-state index in [2.05, 4.69) is 24.9 Å². The highest BCUT2D eigenvalue weighted by atomic mass is 16.5. The van der Waals surface area contributed by atoms with Crippen LogP contribution in [0.15, 0.2) is 48.4 Å². The van der Waals surface area contributed by atoms with E-state index in [0.717, 1.165) is 4.68 Å². The first-order valence-electron chi connectivity index (χ1n) is 15.2. The van der Waals surface area contributed by atoms with Crippen molar-refractivity contribution in [1.29, 1.82) is 0 Å². The van der Waals surface area contributed by atoms with Crippen molar-refractivity contribution < 1.29 is 25.3 Å². The minimum atomic E-state index is -2.67. The number of ketones is 1. The number of likely N-dealkylation sites (tertiary alicyclic amines) is 1. The molecular weight excluding hydrogens is 470 g/mol. The number of ether oxygens (including phenoxy) is 1. The van der Waals surface area contributed by atoms with E-state index in [4.69, 9.17) is 22.3 Å². The monoisotopic (exact) mass is 503 g/mol. The van der Waals surface area contributed by atoms with Crippen molar-refractivity contribution in [2.24, 2.45) is 0 Å². The van der Waals surface area contributed by atoms with Gasteiger partial charge in [-0.05, 0) is 32.2 Å². The molecule has 0 bridgehead atoms. The molecule has 0 unspecified atom stereocenters. The molecule has 4 heterocycles. The van der Waals surface area contributed by atoms with Gasteiger partial charge in [0.2, 0.25) is 0 Å². The van der Waals surface area contributed by atoms with Crippen molar-refractivity contribution in [3.8, 4) is 11.6 Å². The number of nitrogens with one attached hydrogen (secondary N) is 1. The lowest BCUT2D eigenvalue weighted by Gasteiger charge is -2.28. The molecule has 0 spiro atoms. The number of methoxy groups -OCH3 is 1. The van der Waals surface area contributed by atoms with Crippen LogP contribution in [0, 0.1) is 20.3 Å². The van der Waals surface area contributed by atoms with Crippen LogP contribution in [0.5, 0.6) is 5.75 Å². The van der Waals surface area contributed by atoms with Gasteiger partial charge in [-0.1, -0.05) is 35.3 Å². The minimum Gasteiger partial charge on any atom is -0.494 e. The number of aromatic amines is 1. The molecule has 37 heavy (non-hydrogen) atoms.